The Balaban J connectivity index is 2.13. The number of rotatable bonds is 0. The lowest BCUT2D eigenvalue weighted by atomic mass is 9.85. The molecule has 0 aromatic heterocycles. The van der Waals surface area contributed by atoms with E-state index in [0.717, 1.165) is 17.9 Å². The summed E-state index contributed by atoms with van der Waals surface area (Å²) in [5.74, 6) is 2.10. The predicted octanol–water partition coefficient (Wildman–Crippen LogP) is 1.81. The zero-order chi connectivity index (χ0) is 7.53. The minimum atomic E-state index is -0.0934. The van der Waals surface area contributed by atoms with Gasteiger partial charge < -0.3 is 4.74 Å². The lowest BCUT2D eigenvalue weighted by Gasteiger charge is -2.29. The minimum Gasteiger partial charge on any atom is -0.361 e. The fourth-order valence-electron chi connectivity index (χ4n) is 2.22. The van der Waals surface area contributed by atoms with Crippen molar-refractivity contribution in [3.63, 3.8) is 0 Å². The van der Waals surface area contributed by atoms with Gasteiger partial charge in [-0.2, -0.15) is 11.8 Å². The number of hydrogen-bond donors (Lipinski definition) is 0. The van der Waals surface area contributed by atoms with Crippen molar-refractivity contribution in [2.75, 3.05) is 11.5 Å². The average Bonchev–Trinajstić information content (AvgIpc) is 2.49. The smallest absolute Gasteiger partial charge is 0.116 e. The van der Waals surface area contributed by atoms with Gasteiger partial charge >= 0.3 is 0 Å². The van der Waals surface area contributed by atoms with Crippen LogP contribution in [-0.4, -0.2) is 28.1 Å². The van der Waals surface area contributed by atoms with Gasteiger partial charge in [-0.3, -0.25) is 0 Å². The third kappa shape index (κ3) is 0.647. The Kier molecular flexibility index (Phi) is 1.12. The van der Waals surface area contributed by atoms with Crippen molar-refractivity contribution in [2.24, 2.45) is 0 Å². The van der Waals surface area contributed by atoms with Gasteiger partial charge in [0.25, 0.3) is 0 Å². The maximum absolute atomic E-state index is 6.46. The van der Waals surface area contributed by atoms with Crippen molar-refractivity contribution in [3.8, 4) is 0 Å². The summed E-state index contributed by atoms with van der Waals surface area (Å²) in [6, 6.07) is 0. The van der Waals surface area contributed by atoms with E-state index in [9.17, 15) is 0 Å². The molecule has 3 atom stereocenters. The molecule has 0 radical (unpaired) electrons. The first-order valence-electron chi connectivity index (χ1n) is 3.88. The van der Waals surface area contributed by atoms with Crippen molar-refractivity contribution in [2.45, 2.75) is 23.0 Å². The fraction of sp³-hybridized carbons (Fsp3) is 0.750. The summed E-state index contributed by atoms with van der Waals surface area (Å²) in [5.41, 5.74) is -0.0934. The summed E-state index contributed by atoms with van der Waals surface area (Å²) < 4.78 is 5.82. The first-order chi connectivity index (χ1) is 5.24. The van der Waals surface area contributed by atoms with Crippen LogP contribution in [0.15, 0.2) is 12.2 Å². The molecule has 0 aromatic rings. The summed E-state index contributed by atoms with van der Waals surface area (Å²) >= 11 is 8.37. The third-order valence-electron chi connectivity index (χ3n) is 2.87. The van der Waals surface area contributed by atoms with Crippen molar-refractivity contribution in [1.29, 1.82) is 0 Å². The molecule has 3 aliphatic rings. The summed E-state index contributed by atoms with van der Waals surface area (Å²) in [7, 11) is 0. The topological polar surface area (TPSA) is 9.23 Å². The van der Waals surface area contributed by atoms with E-state index in [1.54, 1.807) is 0 Å². The van der Waals surface area contributed by atoms with Crippen molar-refractivity contribution in [3.05, 3.63) is 12.2 Å². The molecule has 0 unspecified atom stereocenters. The molecule has 0 amide bonds. The van der Waals surface area contributed by atoms with Gasteiger partial charge in [0.05, 0.1) is 11.0 Å². The summed E-state index contributed by atoms with van der Waals surface area (Å²) in [4.78, 5) is -0.0723. The van der Waals surface area contributed by atoms with Gasteiger partial charge in [0.1, 0.15) is 5.60 Å². The van der Waals surface area contributed by atoms with E-state index in [1.165, 1.54) is 0 Å². The van der Waals surface area contributed by atoms with Crippen LogP contribution in [0.2, 0.25) is 0 Å². The van der Waals surface area contributed by atoms with E-state index < -0.39 is 0 Å². The number of fused-ring (bicyclic) bond motifs is 1. The van der Waals surface area contributed by atoms with Crippen LogP contribution in [0.4, 0.5) is 0 Å². The zero-order valence-electron chi connectivity index (χ0n) is 6.05. The highest BCUT2D eigenvalue weighted by molar-refractivity contribution is 7.99. The second kappa shape index (κ2) is 1.81. The molecule has 3 heteroatoms. The Labute approximate surface area is 75.1 Å². The molecular formula is C8H9ClOS. The molecule has 3 rings (SSSR count). The van der Waals surface area contributed by atoms with E-state index in [2.05, 4.69) is 12.2 Å². The van der Waals surface area contributed by atoms with Crippen molar-refractivity contribution in [1.82, 2.24) is 0 Å². The van der Waals surface area contributed by atoms with Gasteiger partial charge in [0.2, 0.25) is 0 Å². The molecule has 2 saturated heterocycles. The molecule has 2 bridgehead atoms. The third-order valence-corrected chi connectivity index (χ3v) is 4.97. The second-order valence-corrected chi connectivity index (χ2v) is 5.28. The van der Waals surface area contributed by atoms with Crippen molar-refractivity contribution >= 4 is 23.4 Å². The number of hydrogen-bond acceptors (Lipinski definition) is 2. The average molecular weight is 189 g/mol. The van der Waals surface area contributed by atoms with E-state index in [-0.39, 0.29) is 10.5 Å². The summed E-state index contributed by atoms with van der Waals surface area (Å²) in [6.07, 6.45) is 5.66. The summed E-state index contributed by atoms with van der Waals surface area (Å²) in [6.45, 7) is 0. The highest BCUT2D eigenvalue weighted by Gasteiger charge is 2.62. The summed E-state index contributed by atoms with van der Waals surface area (Å²) in [5, 5.41) is 0. The number of ether oxygens (including phenoxy) is 1. The van der Waals surface area contributed by atoms with Crippen LogP contribution in [0.5, 0.6) is 0 Å². The largest absolute Gasteiger partial charge is 0.361 e. The molecular weight excluding hydrogens is 180 g/mol. The molecule has 0 saturated carbocycles. The van der Waals surface area contributed by atoms with Gasteiger partial charge in [-0.1, -0.05) is 12.2 Å². The predicted molar refractivity (Wildman–Crippen MR) is 47.3 cm³/mol. The quantitative estimate of drug-likeness (QED) is 0.424. The normalized spacial score (nSPS) is 58.8. The van der Waals surface area contributed by atoms with E-state index in [0.29, 0.717) is 6.10 Å². The van der Waals surface area contributed by atoms with Crippen LogP contribution in [0, 0.1) is 0 Å². The van der Waals surface area contributed by atoms with Crippen LogP contribution < -0.4 is 0 Å². The Bertz CT molecular complexity index is 242. The molecule has 0 aliphatic carbocycles. The molecule has 3 aliphatic heterocycles. The lowest BCUT2D eigenvalue weighted by Crippen LogP contribution is -2.43. The molecule has 0 aromatic carbocycles. The Morgan fingerprint density at radius 1 is 1.55 bits per heavy atom. The molecule has 1 nitrogen and oxygen atoms in total. The van der Waals surface area contributed by atoms with Gasteiger partial charge in [-0.25, -0.2) is 0 Å². The second-order valence-electron chi connectivity index (χ2n) is 3.57. The number of thioether (sulfide) groups is 1. The van der Waals surface area contributed by atoms with Crippen LogP contribution in [-0.2, 0) is 4.74 Å². The first-order valence-corrected chi connectivity index (χ1v) is 5.41. The number of alkyl halides is 1. The Morgan fingerprint density at radius 3 is 3.18 bits per heavy atom. The fourth-order valence-corrected chi connectivity index (χ4v) is 4.39. The molecule has 0 N–H and O–H groups in total. The van der Waals surface area contributed by atoms with Gasteiger partial charge in [-0.15, -0.1) is 11.6 Å². The maximum Gasteiger partial charge on any atom is 0.116 e. The zero-order valence-corrected chi connectivity index (χ0v) is 7.62. The van der Waals surface area contributed by atoms with Gasteiger partial charge in [0.15, 0.2) is 0 Å². The lowest BCUT2D eigenvalue weighted by molar-refractivity contribution is 0.0439. The van der Waals surface area contributed by atoms with E-state index in [4.69, 9.17) is 16.3 Å². The monoisotopic (exact) mass is 188 g/mol. The minimum absolute atomic E-state index is 0.0723. The van der Waals surface area contributed by atoms with Crippen LogP contribution in [0.3, 0.4) is 0 Å². The standard InChI is InChI=1S/C8H9ClOS/c9-7-3-6-1-2-8(7,10-6)5-11-4-7/h1-2,6H,3-5H2/t6-,7-,8-/m1/s1. The highest BCUT2D eigenvalue weighted by Crippen LogP contribution is 2.56. The molecule has 1 spiro atoms. The molecule has 11 heavy (non-hydrogen) atoms. The number of halogens is 1. The Hall–Kier alpha value is 0.340. The van der Waals surface area contributed by atoms with Crippen LogP contribution in [0.25, 0.3) is 0 Å². The SMILES string of the molecule is Cl[C@]12CSC[C@]13C=C[C@H](C2)O3. The van der Waals surface area contributed by atoms with Gasteiger partial charge in [0, 0.05) is 17.9 Å². The highest BCUT2D eigenvalue weighted by atomic mass is 35.5. The maximum atomic E-state index is 6.46. The van der Waals surface area contributed by atoms with Gasteiger partial charge in [-0.05, 0) is 0 Å². The van der Waals surface area contributed by atoms with Crippen LogP contribution in [0.1, 0.15) is 6.42 Å². The molecule has 60 valence electrons. The molecule has 3 heterocycles. The van der Waals surface area contributed by atoms with E-state index in [1.807, 2.05) is 11.8 Å². The molecule has 2 fully saturated rings. The van der Waals surface area contributed by atoms with Crippen LogP contribution >= 0.6 is 23.4 Å². The first kappa shape index (κ1) is 6.81. The van der Waals surface area contributed by atoms with Crippen molar-refractivity contribution < 1.29 is 4.74 Å². The Morgan fingerprint density at radius 2 is 2.45 bits per heavy atom. The van der Waals surface area contributed by atoms with E-state index >= 15 is 0 Å².